The van der Waals surface area contributed by atoms with Crippen LogP contribution < -0.4 is 0 Å². The molecule has 0 unspecified atom stereocenters. The second-order valence-corrected chi connectivity index (χ2v) is 7.44. The summed E-state index contributed by atoms with van der Waals surface area (Å²) in [5.41, 5.74) is 5.71. The molecule has 0 fully saturated rings. The normalized spacial score (nSPS) is 16.6. The van der Waals surface area contributed by atoms with Crippen LogP contribution in [0.2, 0.25) is 0 Å². The molecule has 2 aromatic carbocycles. The topological polar surface area (TPSA) is 58.5 Å². The Morgan fingerprint density at radius 3 is 2.50 bits per heavy atom. The first-order valence-corrected chi connectivity index (χ1v) is 9.78. The van der Waals surface area contributed by atoms with Crippen LogP contribution in [0, 0.1) is 5.92 Å². The van der Waals surface area contributed by atoms with Crippen molar-refractivity contribution < 1.29 is 4.79 Å². The summed E-state index contributed by atoms with van der Waals surface area (Å²) < 4.78 is 0. The van der Waals surface area contributed by atoms with Crippen molar-refractivity contribution in [1.29, 1.82) is 0 Å². The summed E-state index contributed by atoms with van der Waals surface area (Å²) in [7, 11) is 0. The fourth-order valence-corrected chi connectivity index (χ4v) is 3.45. The zero-order valence-corrected chi connectivity index (χ0v) is 16.5. The third-order valence-corrected chi connectivity index (χ3v) is 5.13. The van der Waals surface area contributed by atoms with Crippen molar-refractivity contribution in [2.24, 2.45) is 11.0 Å². The van der Waals surface area contributed by atoms with E-state index in [2.05, 4.69) is 36.2 Å². The van der Waals surface area contributed by atoms with Gasteiger partial charge in [0, 0.05) is 12.3 Å². The summed E-state index contributed by atoms with van der Waals surface area (Å²) in [5, 5.41) is 6.31. The molecule has 5 heteroatoms. The van der Waals surface area contributed by atoms with Crippen LogP contribution in [-0.4, -0.2) is 26.6 Å². The predicted octanol–water partition coefficient (Wildman–Crippen LogP) is 4.53. The van der Waals surface area contributed by atoms with Gasteiger partial charge in [-0.3, -0.25) is 9.78 Å². The third kappa shape index (κ3) is 3.40. The molecule has 0 saturated carbocycles. The van der Waals surface area contributed by atoms with Crippen LogP contribution in [-0.2, 0) is 11.2 Å². The number of amides is 1. The molecule has 2 heterocycles. The van der Waals surface area contributed by atoms with E-state index in [9.17, 15) is 4.79 Å². The van der Waals surface area contributed by atoms with Crippen molar-refractivity contribution in [2.45, 2.75) is 39.7 Å². The Morgan fingerprint density at radius 2 is 1.82 bits per heavy atom. The molecule has 1 amide bonds. The second-order valence-electron chi connectivity index (χ2n) is 7.44. The number of hydrazone groups is 1. The molecule has 0 N–H and O–H groups in total. The molecule has 142 valence electrons. The summed E-state index contributed by atoms with van der Waals surface area (Å²) >= 11 is 0. The first-order chi connectivity index (χ1) is 13.6. The van der Waals surface area contributed by atoms with E-state index in [1.165, 1.54) is 5.56 Å². The Morgan fingerprint density at radius 1 is 1.11 bits per heavy atom. The molecule has 0 spiro atoms. The van der Waals surface area contributed by atoms with Crippen LogP contribution in [0.4, 0.5) is 0 Å². The molecule has 1 atom stereocenters. The van der Waals surface area contributed by atoms with Crippen molar-refractivity contribution in [1.82, 2.24) is 15.0 Å². The average molecular weight is 372 g/mol. The Hall–Kier alpha value is -3.08. The van der Waals surface area contributed by atoms with Crippen molar-refractivity contribution in [3.8, 4) is 0 Å². The van der Waals surface area contributed by atoms with E-state index >= 15 is 0 Å². The van der Waals surface area contributed by atoms with Gasteiger partial charge in [0.2, 0.25) is 5.91 Å². The van der Waals surface area contributed by atoms with Crippen LogP contribution in [0.1, 0.15) is 50.1 Å². The fraction of sp³-hybridized carbons (Fsp3) is 0.304. The largest absolute Gasteiger partial charge is 0.273 e. The molecular formula is C23H24N4O. The Balaban J connectivity index is 1.71. The van der Waals surface area contributed by atoms with Gasteiger partial charge in [0.05, 0.1) is 28.6 Å². The van der Waals surface area contributed by atoms with E-state index in [-0.39, 0.29) is 17.9 Å². The Kier molecular flexibility index (Phi) is 4.90. The van der Waals surface area contributed by atoms with Gasteiger partial charge in [0.15, 0.2) is 0 Å². The van der Waals surface area contributed by atoms with Gasteiger partial charge in [-0.15, -0.1) is 0 Å². The van der Waals surface area contributed by atoms with Gasteiger partial charge in [0.1, 0.15) is 6.04 Å². The number of aromatic nitrogens is 2. The van der Waals surface area contributed by atoms with E-state index in [0.29, 0.717) is 6.42 Å². The zero-order chi connectivity index (χ0) is 19.7. The van der Waals surface area contributed by atoms with Crippen molar-refractivity contribution in [2.75, 3.05) is 0 Å². The summed E-state index contributed by atoms with van der Waals surface area (Å²) in [4.78, 5) is 22.1. The average Bonchev–Trinajstić information content (AvgIpc) is 3.18. The number of fused-ring (bicyclic) bond motifs is 1. The van der Waals surface area contributed by atoms with Crippen LogP contribution in [0.5, 0.6) is 0 Å². The van der Waals surface area contributed by atoms with E-state index < -0.39 is 0 Å². The number of nitrogens with zero attached hydrogens (tertiary/aromatic N) is 4. The Bertz CT molecular complexity index is 1040. The molecule has 0 aliphatic carbocycles. The predicted molar refractivity (Wildman–Crippen MR) is 111 cm³/mol. The summed E-state index contributed by atoms with van der Waals surface area (Å²) in [6.45, 7) is 5.93. The van der Waals surface area contributed by atoms with E-state index in [4.69, 9.17) is 10.1 Å². The highest BCUT2D eigenvalue weighted by Gasteiger charge is 2.35. The number of rotatable bonds is 4. The van der Waals surface area contributed by atoms with Crippen LogP contribution in [0.15, 0.2) is 59.8 Å². The number of hydrogen-bond donors (Lipinski definition) is 0. The van der Waals surface area contributed by atoms with E-state index in [1.807, 2.05) is 38.1 Å². The van der Waals surface area contributed by atoms with Crippen LogP contribution in [0.25, 0.3) is 11.0 Å². The monoisotopic (exact) mass is 372 g/mol. The maximum atomic E-state index is 12.8. The van der Waals surface area contributed by atoms with Gasteiger partial charge in [-0.2, -0.15) is 5.10 Å². The molecule has 1 aliphatic heterocycles. The molecular weight excluding hydrogens is 348 g/mol. The molecule has 0 saturated heterocycles. The number of carbonyl (C=O) groups is 1. The lowest BCUT2D eigenvalue weighted by atomic mass is 10.00. The van der Waals surface area contributed by atoms with Crippen molar-refractivity contribution in [3.63, 3.8) is 0 Å². The van der Waals surface area contributed by atoms with Crippen LogP contribution >= 0.6 is 0 Å². The van der Waals surface area contributed by atoms with Gasteiger partial charge in [0.25, 0.3) is 0 Å². The van der Waals surface area contributed by atoms with Crippen molar-refractivity contribution >= 4 is 22.7 Å². The minimum absolute atomic E-state index is 0.000127. The maximum Gasteiger partial charge on any atom is 0.245 e. The molecule has 28 heavy (non-hydrogen) atoms. The van der Waals surface area contributed by atoms with Gasteiger partial charge < -0.3 is 0 Å². The van der Waals surface area contributed by atoms with Gasteiger partial charge >= 0.3 is 0 Å². The number of hydrogen-bond acceptors (Lipinski definition) is 4. The fourth-order valence-electron chi connectivity index (χ4n) is 3.45. The first kappa shape index (κ1) is 18.3. The number of aryl methyl sites for hydroxylation is 1. The third-order valence-electron chi connectivity index (χ3n) is 5.13. The van der Waals surface area contributed by atoms with Crippen LogP contribution in [0.3, 0.4) is 0 Å². The minimum atomic E-state index is -0.229. The number of carbonyl (C=O) groups excluding carboxylic acids is 1. The SMILES string of the molecule is CCc1ccc(C2=NN(C(=O)C(C)C)[C@@H](c3cnc4ccccc4n3)C2)cc1. The lowest BCUT2D eigenvalue weighted by Crippen LogP contribution is -2.31. The quantitative estimate of drug-likeness (QED) is 0.676. The first-order valence-electron chi connectivity index (χ1n) is 9.78. The van der Waals surface area contributed by atoms with Gasteiger partial charge in [-0.25, -0.2) is 9.99 Å². The summed E-state index contributed by atoms with van der Waals surface area (Å²) in [6.07, 6.45) is 3.41. The Labute approximate surface area is 165 Å². The lowest BCUT2D eigenvalue weighted by Gasteiger charge is -2.22. The molecule has 1 aromatic heterocycles. The smallest absolute Gasteiger partial charge is 0.245 e. The zero-order valence-electron chi connectivity index (χ0n) is 16.5. The molecule has 3 aromatic rings. The molecule has 4 rings (SSSR count). The molecule has 0 bridgehead atoms. The molecule has 0 radical (unpaired) electrons. The van der Waals surface area contributed by atoms with E-state index in [1.54, 1.807) is 11.2 Å². The molecule has 1 aliphatic rings. The lowest BCUT2D eigenvalue weighted by molar-refractivity contribution is -0.136. The number of benzene rings is 2. The minimum Gasteiger partial charge on any atom is -0.273 e. The second kappa shape index (κ2) is 7.50. The highest BCUT2D eigenvalue weighted by atomic mass is 16.2. The highest BCUT2D eigenvalue weighted by Crippen LogP contribution is 2.33. The number of para-hydroxylation sites is 2. The summed E-state index contributed by atoms with van der Waals surface area (Å²) in [6, 6.07) is 16.0. The van der Waals surface area contributed by atoms with E-state index in [0.717, 1.165) is 34.4 Å². The summed E-state index contributed by atoms with van der Waals surface area (Å²) in [5.74, 6) is -0.137. The van der Waals surface area contributed by atoms with Gasteiger partial charge in [-0.1, -0.05) is 57.2 Å². The standard InChI is InChI=1S/C23H24N4O/c1-4-16-9-11-17(12-10-16)20-13-22(27(26-20)23(28)15(2)3)21-14-24-18-7-5-6-8-19(18)25-21/h5-12,14-15,22H,4,13H2,1-3H3/t22-/m1/s1. The highest BCUT2D eigenvalue weighted by molar-refractivity contribution is 6.03. The van der Waals surface area contributed by atoms with Gasteiger partial charge in [-0.05, 0) is 29.7 Å². The van der Waals surface area contributed by atoms with Crippen molar-refractivity contribution in [3.05, 3.63) is 71.5 Å². The molecule has 5 nitrogen and oxygen atoms in total. The maximum absolute atomic E-state index is 12.8.